The number of nitrogens with one attached hydrogen (secondary N) is 1. The minimum Gasteiger partial charge on any atom is -0.493 e. The van der Waals surface area contributed by atoms with Crippen LogP contribution in [0.1, 0.15) is 68.9 Å². The van der Waals surface area contributed by atoms with Crippen molar-refractivity contribution in [3.63, 3.8) is 0 Å². The van der Waals surface area contributed by atoms with Crippen LogP contribution < -0.4 is 14.8 Å². The zero-order chi connectivity index (χ0) is 26.3. The Balaban J connectivity index is 1.23. The molecule has 5 rings (SSSR count). The highest BCUT2D eigenvalue weighted by molar-refractivity contribution is 6.04. The van der Waals surface area contributed by atoms with Crippen LogP contribution in [-0.2, 0) is 16.1 Å². The largest absolute Gasteiger partial charge is 0.493 e. The van der Waals surface area contributed by atoms with E-state index in [0.29, 0.717) is 31.7 Å². The summed E-state index contributed by atoms with van der Waals surface area (Å²) >= 11 is 0. The monoisotopic (exact) mass is 518 g/mol. The van der Waals surface area contributed by atoms with E-state index in [4.69, 9.17) is 14.6 Å². The van der Waals surface area contributed by atoms with Crippen molar-refractivity contribution in [1.29, 1.82) is 0 Å². The minimum atomic E-state index is 0.00333. The molecular formula is C30H38N4O4. The van der Waals surface area contributed by atoms with E-state index in [0.717, 1.165) is 67.0 Å². The third kappa shape index (κ3) is 6.72. The van der Waals surface area contributed by atoms with Gasteiger partial charge in [-0.25, -0.2) is 5.01 Å². The van der Waals surface area contributed by atoms with E-state index in [1.54, 1.807) is 12.1 Å². The second-order valence-electron chi connectivity index (χ2n) is 10.5. The molecule has 2 heterocycles. The first-order chi connectivity index (χ1) is 18.6. The zero-order valence-corrected chi connectivity index (χ0v) is 22.3. The van der Waals surface area contributed by atoms with Crippen molar-refractivity contribution < 1.29 is 19.1 Å². The van der Waals surface area contributed by atoms with Gasteiger partial charge >= 0.3 is 0 Å². The fourth-order valence-electron chi connectivity index (χ4n) is 5.45. The number of likely N-dealkylation sites (tertiary alicyclic amines) is 1. The number of hydrogen-bond acceptors (Lipinski definition) is 6. The Morgan fingerprint density at radius 2 is 1.74 bits per heavy atom. The molecule has 1 saturated heterocycles. The first kappa shape index (κ1) is 26.2. The Labute approximate surface area is 225 Å². The van der Waals surface area contributed by atoms with Crippen molar-refractivity contribution >= 4 is 23.2 Å². The third-order valence-corrected chi connectivity index (χ3v) is 7.58. The van der Waals surface area contributed by atoms with Crippen molar-refractivity contribution in [3.05, 3.63) is 53.6 Å². The molecule has 0 aromatic heterocycles. The van der Waals surface area contributed by atoms with Crippen LogP contribution >= 0.6 is 0 Å². The molecule has 2 fully saturated rings. The van der Waals surface area contributed by atoms with Gasteiger partial charge in [-0.3, -0.25) is 14.5 Å². The number of methoxy groups -OCH3 is 1. The van der Waals surface area contributed by atoms with E-state index >= 15 is 0 Å². The highest BCUT2D eigenvalue weighted by Gasteiger charge is 2.24. The van der Waals surface area contributed by atoms with Crippen LogP contribution in [-0.4, -0.2) is 60.3 Å². The molecule has 2 aromatic carbocycles. The summed E-state index contributed by atoms with van der Waals surface area (Å²) in [5, 5.41) is 9.25. The number of hydrogen-bond donors (Lipinski definition) is 1. The molecule has 0 spiro atoms. The SMILES string of the molecule is COc1ccc(C2=NN(Cc3ccc(NC(=O)CN4CCCCC4)cc3)C(=O)CC2)cc1OC1CCCC1. The fourth-order valence-corrected chi connectivity index (χ4v) is 5.45. The first-order valence-corrected chi connectivity index (χ1v) is 13.9. The number of amides is 2. The smallest absolute Gasteiger partial charge is 0.243 e. The van der Waals surface area contributed by atoms with Gasteiger partial charge in [0.05, 0.1) is 32.0 Å². The summed E-state index contributed by atoms with van der Waals surface area (Å²) in [5.74, 6) is 1.47. The maximum Gasteiger partial charge on any atom is 0.243 e. The van der Waals surface area contributed by atoms with Crippen molar-refractivity contribution in [3.8, 4) is 11.5 Å². The normalized spacial score (nSPS) is 18.8. The van der Waals surface area contributed by atoms with Crippen molar-refractivity contribution in [2.75, 3.05) is 32.1 Å². The van der Waals surface area contributed by atoms with Gasteiger partial charge in [-0.2, -0.15) is 5.10 Å². The van der Waals surface area contributed by atoms with E-state index in [1.807, 2.05) is 42.5 Å². The number of ether oxygens (including phenoxy) is 2. The molecule has 3 aliphatic rings. The Kier molecular flexibility index (Phi) is 8.58. The van der Waals surface area contributed by atoms with E-state index in [2.05, 4.69) is 10.2 Å². The van der Waals surface area contributed by atoms with E-state index in [1.165, 1.54) is 19.3 Å². The van der Waals surface area contributed by atoms with Crippen LogP contribution in [0.3, 0.4) is 0 Å². The second kappa shape index (κ2) is 12.4. The molecule has 38 heavy (non-hydrogen) atoms. The number of hydrazone groups is 1. The lowest BCUT2D eigenvalue weighted by Gasteiger charge is -2.25. The number of anilines is 1. The summed E-state index contributed by atoms with van der Waals surface area (Å²) in [7, 11) is 1.65. The van der Waals surface area contributed by atoms with Crippen LogP contribution in [0.4, 0.5) is 5.69 Å². The topological polar surface area (TPSA) is 83.5 Å². The van der Waals surface area contributed by atoms with E-state index < -0.39 is 0 Å². The fraction of sp³-hybridized carbons (Fsp3) is 0.500. The molecule has 0 radical (unpaired) electrons. The highest BCUT2D eigenvalue weighted by atomic mass is 16.5. The predicted octanol–water partition coefficient (Wildman–Crippen LogP) is 4.97. The predicted molar refractivity (Wildman–Crippen MR) is 148 cm³/mol. The van der Waals surface area contributed by atoms with Gasteiger partial charge in [-0.05, 0) is 87.5 Å². The number of carbonyl (C=O) groups is 2. The number of rotatable bonds is 9. The molecule has 0 atom stereocenters. The van der Waals surface area contributed by atoms with Crippen LogP contribution in [0, 0.1) is 0 Å². The second-order valence-corrected chi connectivity index (χ2v) is 10.5. The summed E-state index contributed by atoms with van der Waals surface area (Å²) in [6, 6.07) is 13.5. The standard InChI is InChI=1S/C30H38N4O4/c1-37-27-15-11-23(19-28(27)38-25-7-3-4-8-25)26-14-16-30(36)34(32-26)20-22-9-12-24(13-10-22)31-29(35)21-33-17-5-2-6-18-33/h9-13,15,19,25H,2-8,14,16-18,20-21H2,1H3,(H,31,35). The summed E-state index contributed by atoms with van der Waals surface area (Å²) < 4.78 is 11.8. The van der Waals surface area contributed by atoms with Gasteiger partial charge in [0.2, 0.25) is 11.8 Å². The van der Waals surface area contributed by atoms with Crippen molar-refractivity contribution in [2.45, 2.75) is 70.4 Å². The number of benzene rings is 2. The maximum absolute atomic E-state index is 12.7. The minimum absolute atomic E-state index is 0.00333. The molecule has 0 bridgehead atoms. The summed E-state index contributed by atoms with van der Waals surface area (Å²) in [6.07, 6.45) is 9.33. The molecule has 8 heteroatoms. The molecule has 1 N–H and O–H groups in total. The van der Waals surface area contributed by atoms with Crippen LogP contribution in [0.15, 0.2) is 47.6 Å². The van der Waals surface area contributed by atoms with Gasteiger partial charge in [0.15, 0.2) is 11.5 Å². The first-order valence-electron chi connectivity index (χ1n) is 13.9. The Morgan fingerprint density at radius 1 is 0.974 bits per heavy atom. The van der Waals surface area contributed by atoms with Crippen LogP contribution in [0.2, 0.25) is 0 Å². The molecule has 2 aromatic rings. The Bertz CT molecular complexity index is 1150. The Hall–Kier alpha value is -3.39. The molecule has 0 unspecified atom stereocenters. The van der Waals surface area contributed by atoms with Gasteiger partial charge in [0.25, 0.3) is 0 Å². The number of piperidine rings is 1. The van der Waals surface area contributed by atoms with Gasteiger partial charge in [-0.15, -0.1) is 0 Å². The maximum atomic E-state index is 12.7. The van der Waals surface area contributed by atoms with Gasteiger partial charge in [0, 0.05) is 24.1 Å². The van der Waals surface area contributed by atoms with Crippen molar-refractivity contribution in [2.24, 2.45) is 5.10 Å². The molecule has 1 saturated carbocycles. The van der Waals surface area contributed by atoms with E-state index in [9.17, 15) is 9.59 Å². The average Bonchev–Trinajstić information content (AvgIpc) is 3.45. The molecule has 2 aliphatic heterocycles. The highest BCUT2D eigenvalue weighted by Crippen LogP contribution is 2.33. The number of carbonyl (C=O) groups excluding carboxylic acids is 2. The van der Waals surface area contributed by atoms with Gasteiger partial charge < -0.3 is 14.8 Å². The zero-order valence-electron chi connectivity index (χ0n) is 22.3. The van der Waals surface area contributed by atoms with Gasteiger partial charge in [0.1, 0.15) is 0 Å². The average molecular weight is 519 g/mol. The quantitative estimate of drug-likeness (QED) is 0.507. The third-order valence-electron chi connectivity index (χ3n) is 7.58. The molecule has 2 amide bonds. The van der Waals surface area contributed by atoms with Crippen LogP contribution in [0.5, 0.6) is 11.5 Å². The lowest BCUT2D eigenvalue weighted by molar-refractivity contribution is -0.132. The van der Waals surface area contributed by atoms with E-state index in [-0.39, 0.29) is 17.9 Å². The van der Waals surface area contributed by atoms with Gasteiger partial charge in [-0.1, -0.05) is 18.6 Å². The van der Waals surface area contributed by atoms with Crippen molar-refractivity contribution in [1.82, 2.24) is 9.91 Å². The summed E-state index contributed by atoms with van der Waals surface area (Å²) in [5.41, 5.74) is 3.53. The lowest BCUT2D eigenvalue weighted by Crippen LogP contribution is -2.36. The molecule has 1 aliphatic carbocycles. The molecule has 8 nitrogen and oxygen atoms in total. The number of nitrogens with zero attached hydrogens (tertiary/aromatic N) is 3. The molecule has 202 valence electrons. The Morgan fingerprint density at radius 3 is 2.47 bits per heavy atom. The summed E-state index contributed by atoms with van der Waals surface area (Å²) in [6.45, 7) is 2.79. The van der Waals surface area contributed by atoms with Crippen LogP contribution in [0.25, 0.3) is 0 Å². The summed E-state index contributed by atoms with van der Waals surface area (Å²) in [4.78, 5) is 27.3. The lowest BCUT2D eigenvalue weighted by atomic mass is 10.0. The molecular weight excluding hydrogens is 480 g/mol.